The Kier molecular flexibility index (Phi) is 61.3. The second-order valence-corrected chi connectivity index (χ2v) is 14.5. The molecule has 0 unspecified atom stereocenters. The summed E-state index contributed by atoms with van der Waals surface area (Å²) in [5.74, 6) is 1.67. The van der Waals surface area contributed by atoms with Crippen molar-refractivity contribution in [2.24, 2.45) is 4.99 Å². The summed E-state index contributed by atoms with van der Waals surface area (Å²) in [5.41, 5.74) is 0. The number of aliphatic imine (C=N–C) groups is 1. The van der Waals surface area contributed by atoms with Crippen molar-refractivity contribution in [1.29, 1.82) is 0 Å². The largest absolute Gasteiger partial charge is 0.394 e. The first-order valence-electron chi connectivity index (χ1n) is 17.2. The molecule has 0 amide bonds. The summed E-state index contributed by atoms with van der Waals surface area (Å²) in [7, 11) is 1.54. The lowest BCUT2D eigenvalue weighted by atomic mass is 10.5. The van der Waals surface area contributed by atoms with Gasteiger partial charge in [0.05, 0.1) is 98.2 Å². The van der Waals surface area contributed by atoms with Crippen molar-refractivity contribution in [3.8, 4) is 0 Å². The topological polar surface area (TPSA) is 158 Å². The summed E-state index contributed by atoms with van der Waals surface area (Å²) < 4.78 is 61.5. The zero-order valence-electron chi connectivity index (χ0n) is 31.2. The Labute approximate surface area is 327 Å². The van der Waals surface area contributed by atoms with Crippen molar-refractivity contribution < 1.29 is 56.2 Å². The van der Waals surface area contributed by atoms with Crippen molar-refractivity contribution in [2.75, 3.05) is 136 Å². The molecule has 51 heavy (non-hydrogen) atoms. The van der Waals surface area contributed by atoms with E-state index < -0.39 is 9.05 Å². The Morgan fingerprint density at radius 2 is 1.06 bits per heavy atom. The molecule has 0 aliphatic carbocycles. The van der Waals surface area contributed by atoms with Crippen LogP contribution in [0.25, 0.3) is 0 Å². The molecule has 0 atom stereocenters. The minimum Gasteiger partial charge on any atom is -0.394 e. The highest BCUT2D eigenvalue weighted by molar-refractivity contribution is 8.13. The molecule has 308 valence electrons. The molecule has 0 fully saturated rings. The molecule has 0 aromatic carbocycles. The number of rotatable bonds is 30. The maximum Gasteiger partial charge on any atom is 0.234 e. The molecule has 1 heterocycles. The van der Waals surface area contributed by atoms with Crippen LogP contribution in [0.4, 0.5) is 0 Å². The maximum absolute atomic E-state index is 10.5. The van der Waals surface area contributed by atoms with Gasteiger partial charge in [0.1, 0.15) is 0 Å². The predicted octanol–water partition coefficient (Wildman–Crippen LogP) is 5.60. The standard InChI is InChI=1S/C9H18O3S.C7H15ClO4S.C7H15ClO2.C6H13ClO3.C4H5N/c1-3-4-11-5-6-12-7-8-13-9(2)10;1-2-3-11-4-5-12-6-7-13(8,9)10;1-2-4-9-6-7-10-5-3-8;7-1-3-9-5-6-10-4-2-8;1-2-4-5-3-1/h3-8H2,1-2H3;2-7H2,1H3;2-7H2,1H3;8H,1-6H2;1,3-4H,2H2. The van der Waals surface area contributed by atoms with Crippen LogP contribution in [-0.4, -0.2) is 160 Å². The normalized spacial score (nSPS) is 11.4. The number of halogens is 3. The van der Waals surface area contributed by atoms with Crippen LogP contribution in [0.3, 0.4) is 0 Å². The molecule has 1 aliphatic rings. The van der Waals surface area contributed by atoms with Crippen molar-refractivity contribution in [1.82, 2.24) is 0 Å². The van der Waals surface area contributed by atoms with Crippen molar-refractivity contribution in [3.05, 3.63) is 12.3 Å². The highest BCUT2D eigenvalue weighted by atomic mass is 35.7. The zero-order valence-corrected chi connectivity index (χ0v) is 35.1. The van der Waals surface area contributed by atoms with Gasteiger partial charge in [-0.15, -0.1) is 23.2 Å². The Balaban J connectivity index is -0.000000277. The van der Waals surface area contributed by atoms with E-state index >= 15 is 0 Å². The van der Waals surface area contributed by atoms with Gasteiger partial charge in [0.15, 0.2) is 5.12 Å². The monoisotopic (exact) mass is 837 g/mol. The lowest BCUT2D eigenvalue weighted by Gasteiger charge is -2.03. The van der Waals surface area contributed by atoms with E-state index in [-0.39, 0.29) is 24.1 Å². The quantitative estimate of drug-likeness (QED) is 0.0542. The van der Waals surface area contributed by atoms with Gasteiger partial charge in [-0.3, -0.25) is 9.79 Å². The number of aliphatic hydroxyl groups is 1. The summed E-state index contributed by atoms with van der Waals surface area (Å²) >= 11 is 12.0. The van der Waals surface area contributed by atoms with Gasteiger partial charge < -0.3 is 43.0 Å². The Morgan fingerprint density at radius 1 is 0.667 bits per heavy atom. The van der Waals surface area contributed by atoms with Crippen molar-refractivity contribution in [3.63, 3.8) is 0 Å². The van der Waals surface area contributed by atoms with Gasteiger partial charge in [-0.05, 0) is 19.3 Å². The van der Waals surface area contributed by atoms with Crippen molar-refractivity contribution in [2.45, 2.75) is 53.4 Å². The fraction of sp³-hybridized carbons (Fsp3) is 0.879. The number of carbonyl (C=O) groups is 1. The molecule has 0 spiro atoms. The number of thioether (sulfide) groups is 1. The summed E-state index contributed by atoms with van der Waals surface area (Å²) in [4.78, 5) is 14.3. The molecule has 1 rings (SSSR count). The molecule has 0 bridgehead atoms. The van der Waals surface area contributed by atoms with Crippen LogP contribution in [-0.2, 0) is 51.7 Å². The van der Waals surface area contributed by atoms with Gasteiger partial charge in [-0.25, -0.2) is 8.42 Å². The number of allylic oxidation sites excluding steroid dienone is 1. The van der Waals surface area contributed by atoms with Gasteiger partial charge in [-0.1, -0.05) is 38.6 Å². The third kappa shape index (κ3) is 75.7. The lowest BCUT2D eigenvalue weighted by Crippen LogP contribution is -2.10. The first kappa shape index (κ1) is 57.6. The molecule has 0 saturated heterocycles. The SMILES string of the molecule is C1=CN=CC1.CCCOCCOCCCl.CCCOCCOCCS(=O)(=O)Cl.CCCOCCOCCSC(C)=O.OCCOCCOCCCl. The third-order valence-corrected chi connectivity index (χ3v) is 6.96. The number of aliphatic hydroxyl groups excluding tert-OH is 1. The van der Waals surface area contributed by atoms with E-state index in [1.54, 1.807) is 13.1 Å². The van der Waals surface area contributed by atoms with Crippen LogP contribution >= 0.6 is 45.6 Å². The minimum atomic E-state index is -3.42. The molecule has 0 aromatic rings. The summed E-state index contributed by atoms with van der Waals surface area (Å²) in [5, 5.41) is 8.43. The zero-order chi connectivity index (χ0) is 38.9. The van der Waals surface area contributed by atoms with Crippen LogP contribution in [0, 0.1) is 0 Å². The van der Waals surface area contributed by atoms with Gasteiger partial charge in [0.2, 0.25) is 9.05 Å². The molecule has 0 saturated carbocycles. The summed E-state index contributed by atoms with van der Waals surface area (Å²) in [6.07, 6.45) is 9.80. The average molecular weight is 839 g/mol. The van der Waals surface area contributed by atoms with Gasteiger partial charge >= 0.3 is 0 Å². The number of carbonyl (C=O) groups excluding carboxylic acids is 1. The Morgan fingerprint density at radius 3 is 1.35 bits per heavy atom. The fourth-order valence-electron chi connectivity index (χ4n) is 2.60. The molecule has 1 N–H and O–H groups in total. The average Bonchev–Trinajstić information content (AvgIpc) is 3.70. The number of hydrogen-bond donors (Lipinski definition) is 1. The summed E-state index contributed by atoms with van der Waals surface area (Å²) in [6.45, 7) is 17.0. The third-order valence-electron chi connectivity index (χ3n) is 4.75. The van der Waals surface area contributed by atoms with Crippen LogP contribution in [0.5, 0.6) is 0 Å². The maximum atomic E-state index is 10.5. The molecular weight excluding hydrogens is 773 g/mol. The molecular formula is C33H66Cl3NO12S2. The fourth-order valence-corrected chi connectivity index (χ4v) is 3.81. The predicted molar refractivity (Wildman–Crippen MR) is 211 cm³/mol. The highest BCUT2D eigenvalue weighted by Gasteiger charge is 2.03. The van der Waals surface area contributed by atoms with Crippen LogP contribution in [0.2, 0.25) is 0 Å². The highest BCUT2D eigenvalue weighted by Crippen LogP contribution is 1.99. The molecule has 18 heteroatoms. The molecule has 0 radical (unpaired) electrons. The molecule has 1 aliphatic heterocycles. The van der Waals surface area contributed by atoms with E-state index in [4.69, 9.17) is 76.9 Å². The van der Waals surface area contributed by atoms with E-state index in [1.807, 2.05) is 19.2 Å². The van der Waals surface area contributed by atoms with Gasteiger partial charge in [-0.2, -0.15) is 0 Å². The van der Waals surface area contributed by atoms with Crippen LogP contribution < -0.4 is 0 Å². The first-order valence-corrected chi connectivity index (χ1v) is 21.8. The summed E-state index contributed by atoms with van der Waals surface area (Å²) in [6, 6.07) is 0. The minimum absolute atomic E-state index is 0.0650. The second kappa shape index (κ2) is 54.2. The molecule has 0 aromatic heterocycles. The van der Waals surface area contributed by atoms with Gasteiger partial charge in [0, 0.05) is 73.8 Å². The van der Waals surface area contributed by atoms with E-state index in [9.17, 15) is 13.2 Å². The van der Waals surface area contributed by atoms with Crippen LogP contribution in [0.15, 0.2) is 17.3 Å². The number of nitrogens with zero attached hydrogens (tertiary/aromatic N) is 1. The molecule has 13 nitrogen and oxygen atoms in total. The number of hydrogen-bond acceptors (Lipinski definition) is 14. The van der Waals surface area contributed by atoms with E-state index in [2.05, 4.69) is 18.8 Å². The number of alkyl halides is 2. The second-order valence-electron chi connectivity index (χ2n) is 9.54. The van der Waals surface area contributed by atoms with E-state index in [0.29, 0.717) is 97.6 Å². The Hall–Kier alpha value is -0.110. The van der Waals surface area contributed by atoms with Gasteiger partial charge in [0.25, 0.3) is 0 Å². The number of ether oxygens (including phenoxy) is 8. The first-order chi connectivity index (χ1) is 24.7. The van der Waals surface area contributed by atoms with Crippen LogP contribution in [0.1, 0.15) is 53.4 Å². The lowest BCUT2D eigenvalue weighted by molar-refractivity contribution is -0.109. The van der Waals surface area contributed by atoms with Crippen molar-refractivity contribution >= 4 is 66.0 Å². The van der Waals surface area contributed by atoms with E-state index in [1.165, 1.54) is 11.8 Å². The Bertz CT molecular complexity index is 776. The van der Waals surface area contributed by atoms with E-state index in [0.717, 1.165) is 44.6 Å². The smallest absolute Gasteiger partial charge is 0.234 e.